The lowest BCUT2D eigenvalue weighted by Gasteiger charge is -2.18. The SMILES string of the molecule is C[C@H](NS(=O)(=O)c1ccccc1C(F)(F)F)C(=O)NCCCN1C(=O)CCC1=O. The number of carbonyl (C=O) groups is 3. The molecule has 1 aliphatic rings. The largest absolute Gasteiger partial charge is 0.417 e. The first kappa shape index (κ1) is 22.8. The van der Waals surface area contributed by atoms with Crippen molar-refractivity contribution in [3.63, 3.8) is 0 Å². The van der Waals surface area contributed by atoms with Gasteiger partial charge in [0.15, 0.2) is 0 Å². The Morgan fingerprint density at radius 3 is 2.34 bits per heavy atom. The van der Waals surface area contributed by atoms with E-state index in [9.17, 15) is 36.0 Å². The maximum Gasteiger partial charge on any atom is 0.417 e. The lowest BCUT2D eigenvalue weighted by Crippen LogP contribution is -2.45. The van der Waals surface area contributed by atoms with Crippen LogP contribution in [0.3, 0.4) is 0 Å². The second-order valence-electron chi connectivity index (χ2n) is 6.42. The Kier molecular flexibility index (Phi) is 7.01. The summed E-state index contributed by atoms with van der Waals surface area (Å²) in [5, 5.41) is 2.42. The van der Waals surface area contributed by atoms with Gasteiger partial charge in [0, 0.05) is 25.9 Å². The summed E-state index contributed by atoms with van der Waals surface area (Å²) in [5.41, 5.74) is -1.33. The van der Waals surface area contributed by atoms with Gasteiger partial charge >= 0.3 is 6.18 Å². The second kappa shape index (κ2) is 8.91. The van der Waals surface area contributed by atoms with Gasteiger partial charge in [-0.3, -0.25) is 19.3 Å². The van der Waals surface area contributed by atoms with Gasteiger partial charge in [0.05, 0.1) is 16.5 Å². The molecule has 0 bridgehead atoms. The molecule has 160 valence electrons. The van der Waals surface area contributed by atoms with Crippen molar-refractivity contribution < 1.29 is 36.0 Å². The molecular weight excluding hydrogens is 415 g/mol. The van der Waals surface area contributed by atoms with Crippen LogP contribution in [0.25, 0.3) is 0 Å². The molecular formula is C17H20F3N3O5S. The van der Waals surface area contributed by atoms with Gasteiger partial charge in [0.2, 0.25) is 27.7 Å². The van der Waals surface area contributed by atoms with Crippen LogP contribution in [0.4, 0.5) is 13.2 Å². The van der Waals surface area contributed by atoms with Crippen LogP contribution in [0, 0.1) is 0 Å². The first-order valence-electron chi connectivity index (χ1n) is 8.73. The number of benzene rings is 1. The average molecular weight is 435 g/mol. The first-order valence-corrected chi connectivity index (χ1v) is 10.2. The van der Waals surface area contributed by atoms with Crippen molar-refractivity contribution in [1.29, 1.82) is 0 Å². The molecule has 1 saturated heterocycles. The minimum Gasteiger partial charge on any atom is -0.355 e. The van der Waals surface area contributed by atoms with E-state index in [0.717, 1.165) is 23.1 Å². The van der Waals surface area contributed by atoms with Crippen molar-refractivity contribution in [3.8, 4) is 0 Å². The first-order chi connectivity index (χ1) is 13.4. The summed E-state index contributed by atoms with van der Waals surface area (Å²) in [7, 11) is -4.60. The Bertz CT molecular complexity index is 886. The van der Waals surface area contributed by atoms with E-state index in [1.807, 2.05) is 4.72 Å². The molecule has 12 heteroatoms. The fourth-order valence-electron chi connectivity index (χ4n) is 2.76. The average Bonchev–Trinajstić information content (AvgIpc) is 2.95. The van der Waals surface area contributed by atoms with Crippen molar-refractivity contribution >= 4 is 27.7 Å². The number of hydrogen-bond donors (Lipinski definition) is 2. The summed E-state index contributed by atoms with van der Waals surface area (Å²) in [6, 6.07) is 2.32. The number of likely N-dealkylation sites (tertiary alicyclic amines) is 1. The third kappa shape index (κ3) is 5.76. The van der Waals surface area contributed by atoms with Crippen LogP contribution in [0.1, 0.15) is 31.7 Å². The predicted molar refractivity (Wildman–Crippen MR) is 94.8 cm³/mol. The molecule has 0 saturated carbocycles. The van der Waals surface area contributed by atoms with Crippen LogP contribution in [0.2, 0.25) is 0 Å². The highest BCUT2D eigenvalue weighted by Crippen LogP contribution is 2.33. The molecule has 8 nitrogen and oxygen atoms in total. The van der Waals surface area contributed by atoms with Crippen molar-refractivity contribution in [2.45, 2.75) is 43.3 Å². The molecule has 1 atom stereocenters. The minimum atomic E-state index is -4.87. The molecule has 0 unspecified atom stereocenters. The highest BCUT2D eigenvalue weighted by atomic mass is 32.2. The van der Waals surface area contributed by atoms with Crippen LogP contribution in [-0.4, -0.2) is 50.2 Å². The predicted octanol–water partition coefficient (Wildman–Crippen LogP) is 1.03. The van der Waals surface area contributed by atoms with Gasteiger partial charge in [0.1, 0.15) is 0 Å². The third-order valence-corrected chi connectivity index (χ3v) is 5.82. The van der Waals surface area contributed by atoms with Crippen molar-refractivity contribution in [3.05, 3.63) is 29.8 Å². The molecule has 0 radical (unpaired) electrons. The molecule has 1 aromatic rings. The number of nitrogens with one attached hydrogen (secondary N) is 2. The summed E-state index contributed by atoms with van der Waals surface area (Å²) in [6.45, 7) is 1.37. The zero-order valence-corrected chi connectivity index (χ0v) is 16.3. The van der Waals surface area contributed by atoms with Crippen molar-refractivity contribution in [1.82, 2.24) is 14.9 Å². The number of sulfonamides is 1. The Labute approximate surface area is 165 Å². The fourth-order valence-corrected chi connectivity index (χ4v) is 4.19. The van der Waals surface area contributed by atoms with E-state index in [2.05, 4.69) is 5.32 Å². The Morgan fingerprint density at radius 1 is 1.17 bits per heavy atom. The molecule has 1 fully saturated rings. The lowest BCUT2D eigenvalue weighted by molar-refractivity contribution is -0.140. The highest BCUT2D eigenvalue weighted by Gasteiger charge is 2.37. The number of rotatable bonds is 8. The molecule has 1 aromatic carbocycles. The number of amides is 3. The van der Waals surface area contributed by atoms with E-state index in [0.29, 0.717) is 6.07 Å². The van der Waals surface area contributed by atoms with Crippen molar-refractivity contribution in [2.24, 2.45) is 0 Å². The van der Waals surface area contributed by atoms with Crippen LogP contribution < -0.4 is 10.0 Å². The van der Waals surface area contributed by atoms with Gasteiger partial charge in [-0.1, -0.05) is 12.1 Å². The van der Waals surface area contributed by atoms with Crippen molar-refractivity contribution in [2.75, 3.05) is 13.1 Å². The van der Waals surface area contributed by atoms with Crippen LogP contribution >= 0.6 is 0 Å². The number of nitrogens with zero attached hydrogens (tertiary/aromatic N) is 1. The molecule has 2 rings (SSSR count). The summed E-state index contributed by atoms with van der Waals surface area (Å²) in [4.78, 5) is 35.1. The topological polar surface area (TPSA) is 113 Å². The Hall–Kier alpha value is -2.47. The van der Waals surface area contributed by atoms with Crippen LogP contribution in [0.5, 0.6) is 0 Å². The monoisotopic (exact) mass is 435 g/mol. The molecule has 0 aromatic heterocycles. The third-order valence-electron chi connectivity index (χ3n) is 4.22. The second-order valence-corrected chi connectivity index (χ2v) is 8.10. The summed E-state index contributed by atoms with van der Waals surface area (Å²) < 4.78 is 65.7. The van der Waals surface area contributed by atoms with Gasteiger partial charge in [-0.2, -0.15) is 17.9 Å². The number of imide groups is 1. The zero-order chi connectivity index (χ0) is 21.8. The molecule has 0 spiro atoms. The smallest absolute Gasteiger partial charge is 0.355 e. The lowest BCUT2D eigenvalue weighted by atomic mass is 10.2. The number of hydrogen-bond acceptors (Lipinski definition) is 5. The normalized spacial score (nSPS) is 16.2. The quantitative estimate of drug-likeness (QED) is 0.468. The van der Waals surface area contributed by atoms with Gasteiger partial charge in [0.25, 0.3) is 0 Å². The van der Waals surface area contributed by atoms with E-state index < -0.39 is 38.6 Å². The van der Waals surface area contributed by atoms with Gasteiger partial charge in [-0.15, -0.1) is 0 Å². The highest BCUT2D eigenvalue weighted by molar-refractivity contribution is 7.89. The molecule has 1 heterocycles. The van der Waals surface area contributed by atoms with E-state index in [1.165, 1.54) is 6.92 Å². The maximum absolute atomic E-state index is 13.0. The van der Waals surface area contributed by atoms with Gasteiger partial charge in [-0.25, -0.2) is 8.42 Å². The fraction of sp³-hybridized carbons (Fsp3) is 0.471. The molecule has 3 amide bonds. The number of halogens is 3. The Balaban J connectivity index is 1.92. The summed E-state index contributed by atoms with van der Waals surface area (Å²) >= 11 is 0. The zero-order valence-electron chi connectivity index (χ0n) is 15.5. The molecule has 0 aliphatic carbocycles. The van der Waals surface area contributed by atoms with Gasteiger partial charge < -0.3 is 5.32 Å². The molecule has 2 N–H and O–H groups in total. The standard InChI is InChI=1S/C17H20F3N3O5S/c1-11(16(26)21-9-4-10-23-14(24)7-8-15(23)25)22-29(27,28)13-6-3-2-5-12(13)17(18,19)20/h2-3,5-6,11,22H,4,7-10H2,1H3,(H,21,26)/t11-/m0/s1. The molecule has 1 aliphatic heterocycles. The summed E-state index contributed by atoms with van der Waals surface area (Å²) in [6.07, 6.45) is -4.30. The van der Waals surface area contributed by atoms with Gasteiger partial charge in [-0.05, 0) is 25.5 Å². The summed E-state index contributed by atoms with van der Waals surface area (Å²) in [5.74, 6) is -1.33. The van der Waals surface area contributed by atoms with Crippen LogP contribution in [-0.2, 0) is 30.6 Å². The number of carbonyl (C=O) groups excluding carboxylic acids is 3. The molecule has 29 heavy (non-hydrogen) atoms. The van der Waals surface area contributed by atoms with E-state index >= 15 is 0 Å². The maximum atomic E-state index is 13.0. The Morgan fingerprint density at radius 2 is 1.76 bits per heavy atom. The number of alkyl halides is 3. The van der Waals surface area contributed by atoms with Crippen LogP contribution in [0.15, 0.2) is 29.2 Å². The van der Waals surface area contributed by atoms with E-state index in [-0.39, 0.29) is 44.2 Å². The van der Waals surface area contributed by atoms with E-state index in [1.54, 1.807) is 0 Å². The minimum absolute atomic E-state index is 0.0566. The van der Waals surface area contributed by atoms with E-state index in [4.69, 9.17) is 0 Å².